The zero-order valence-electron chi connectivity index (χ0n) is 23.2. The molecule has 2 aromatic carbocycles. The molecule has 1 aliphatic carbocycles. The van der Waals surface area contributed by atoms with Crippen molar-refractivity contribution in [2.75, 3.05) is 45.2 Å². The highest BCUT2D eigenvalue weighted by Crippen LogP contribution is 2.47. The smallest absolute Gasteiger partial charge is 0.416 e. The standard InChI is InChI=1S/C29H30ClF4N7O/c1-40(2)13-28(5-6-28)14-42-27-37-25-19(26(38-27)41-11-16-3-4-17(12-41)36-16)9-21(30)23(24(25)31)18-7-15(29(32,33)34)8-22-20(18)10-35-39-22/h7-10,16-17,36H,3-6,11-14H2,1-2H3,(H,35,39). The number of ether oxygens (including phenoxy) is 1. The molecule has 2 N–H and O–H groups in total. The van der Waals surface area contributed by atoms with Gasteiger partial charge in [-0.3, -0.25) is 5.10 Å². The Morgan fingerprint density at radius 3 is 2.50 bits per heavy atom. The molecule has 2 aliphatic heterocycles. The summed E-state index contributed by atoms with van der Waals surface area (Å²) in [6, 6.07) is 4.01. The van der Waals surface area contributed by atoms with Crippen molar-refractivity contribution in [1.29, 1.82) is 0 Å². The van der Waals surface area contributed by atoms with Crippen LogP contribution in [0, 0.1) is 11.2 Å². The van der Waals surface area contributed by atoms with E-state index < -0.39 is 17.6 Å². The quantitative estimate of drug-likeness (QED) is 0.264. The summed E-state index contributed by atoms with van der Waals surface area (Å²) in [7, 11) is 4.02. The van der Waals surface area contributed by atoms with Crippen LogP contribution in [0.2, 0.25) is 5.02 Å². The van der Waals surface area contributed by atoms with Crippen LogP contribution in [0.5, 0.6) is 6.01 Å². The minimum atomic E-state index is -4.66. The van der Waals surface area contributed by atoms with Gasteiger partial charge in [-0.25, -0.2) is 4.39 Å². The zero-order chi connectivity index (χ0) is 29.4. The van der Waals surface area contributed by atoms with E-state index in [1.807, 2.05) is 14.1 Å². The fourth-order valence-corrected chi connectivity index (χ4v) is 6.81. The zero-order valence-corrected chi connectivity index (χ0v) is 23.9. The van der Waals surface area contributed by atoms with E-state index in [1.54, 1.807) is 6.07 Å². The third kappa shape index (κ3) is 4.92. The van der Waals surface area contributed by atoms with Crippen LogP contribution in [0.25, 0.3) is 32.9 Å². The van der Waals surface area contributed by atoms with Crippen LogP contribution in [-0.2, 0) is 6.18 Å². The van der Waals surface area contributed by atoms with Crippen LogP contribution >= 0.6 is 11.6 Å². The van der Waals surface area contributed by atoms with E-state index in [0.29, 0.717) is 36.3 Å². The van der Waals surface area contributed by atoms with Crippen molar-refractivity contribution in [3.63, 3.8) is 0 Å². The lowest BCUT2D eigenvalue weighted by Gasteiger charge is -2.34. The van der Waals surface area contributed by atoms with E-state index >= 15 is 4.39 Å². The van der Waals surface area contributed by atoms with Gasteiger partial charge in [0.2, 0.25) is 0 Å². The molecular formula is C29H30ClF4N7O. The number of nitrogens with zero attached hydrogens (tertiary/aromatic N) is 5. The average Bonchev–Trinajstić information content (AvgIpc) is 3.35. The molecule has 7 rings (SSSR count). The van der Waals surface area contributed by atoms with Gasteiger partial charge in [-0.1, -0.05) is 11.6 Å². The van der Waals surface area contributed by atoms with Gasteiger partial charge in [-0.05, 0) is 63.5 Å². The predicted molar refractivity (Wildman–Crippen MR) is 152 cm³/mol. The van der Waals surface area contributed by atoms with Gasteiger partial charge in [-0.15, -0.1) is 0 Å². The molecule has 0 radical (unpaired) electrons. The number of piperazine rings is 1. The lowest BCUT2D eigenvalue weighted by atomic mass is 9.97. The highest BCUT2D eigenvalue weighted by molar-refractivity contribution is 6.35. The average molecular weight is 604 g/mol. The Morgan fingerprint density at radius 1 is 1.10 bits per heavy atom. The molecule has 2 bridgehead atoms. The summed E-state index contributed by atoms with van der Waals surface area (Å²) in [5.74, 6) is -0.323. The number of nitrogens with one attached hydrogen (secondary N) is 2. The van der Waals surface area contributed by atoms with Crippen LogP contribution in [0.3, 0.4) is 0 Å². The van der Waals surface area contributed by atoms with Crippen LogP contribution in [0.4, 0.5) is 23.4 Å². The summed E-state index contributed by atoms with van der Waals surface area (Å²) < 4.78 is 64.2. The Hall–Kier alpha value is -3.22. The van der Waals surface area contributed by atoms with Gasteiger partial charge in [0, 0.05) is 53.5 Å². The van der Waals surface area contributed by atoms with E-state index in [4.69, 9.17) is 21.3 Å². The van der Waals surface area contributed by atoms with Crippen molar-refractivity contribution in [2.24, 2.45) is 5.41 Å². The number of benzene rings is 2. The second kappa shape index (κ2) is 9.92. The van der Waals surface area contributed by atoms with Crippen LogP contribution < -0.4 is 15.0 Å². The van der Waals surface area contributed by atoms with Gasteiger partial charge < -0.3 is 19.9 Å². The molecule has 2 saturated heterocycles. The summed E-state index contributed by atoms with van der Waals surface area (Å²) in [6.07, 6.45) is 0.804. The van der Waals surface area contributed by atoms with Crippen LogP contribution in [0.1, 0.15) is 31.2 Å². The topological polar surface area (TPSA) is 82.2 Å². The van der Waals surface area contributed by atoms with Gasteiger partial charge in [0.15, 0.2) is 5.82 Å². The van der Waals surface area contributed by atoms with Gasteiger partial charge in [-0.2, -0.15) is 28.2 Å². The monoisotopic (exact) mass is 603 g/mol. The number of hydrogen-bond acceptors (Lipinski definition) is 7. The van der Waals surface area contributed by atoms with Crippen molar-refractivity contribution in [3.8, 4) is 17.1 Å². The Labute approximate surface area is 244 Å². The normalized spacial score (nSPS) is 21.6. The molecule has 42 heavy (non-hydrogen) atoms. The maximum absolute atomic E-state index is 16.6. The van der Waals surface area contributed by atoms with Crippen LogP contribution in [0.15, 0.2) is 24.4 Å². The first-order chi connectivity index (χ1) is 20.0. The maximum atomic E-state index is 16.6. The molecule has 1 saturated carbocycles. The molecule has 0 amide bonds. The van der Waals surface area contributed by atoms with E-state index in [9.17, 15) is 13.2 Å². The number of aromatic nitrogens is 4. The van der Waals surface area contributed by atoms with Crippen molar-refractivity contribution >= 4 is 39.2 Å². The highest BCUT2D eigenvalue weighted by Gasteiger charge is 2.44. The fourth-order valence-electron chi connectivity index (χ4n) is 6.52. The maximum Gasteiger partial charge on any atom is 0.416 e. The van der Waals surface area contributed by atoms with E-state index in [-0.39, 0.29) is 50.7 Å². The summed E-state index contributed by atoms with van der Waals surface area (Å²) in [5.41, 5.74) is -1.08. The molecule has 3 fully saturated rings. The predicted octanol–water partition coefficient (Wildman–Crippen LogP) is 5.65. The largest absolute Gasteiger partial charge is 0.463 e. The molecule has 8 nitrogen and oxygen atoms in total. The first-order valence-corrected chi connectivity index (χ1v) is 14.4. The number of anilines is 1. The van der Waals surface area contributed by atoms with Gasteiger partial charge >= 0.3 is 12.2 Å². The molecule has 222 valence electrons. The number of fused-ring (bicyclic) bond motifs is 4. The Kier molecular flexibility index (Phi) is 6.52. The van der Waals surface area contributed by atoms with Gasteiger partial charge in [0.1, 0.15) is 11.3 Å². The Balaban J connectivity index is 1.38. The minimum Gasteiger partial charge on any atom is -0.463 e. The van der Waals surface area contributed by atoms with Crippen molar-refractivity contribution in [2.45, 2.75) is 43.9 Å². The third-order valence-electron chi connectivity index (χ3n) is 8.63. The summed E-state index contributed by atoms with van der Waals surface area (Å²) in [4.78, 5) is 13.5. The second-order valence-electron chi connectivity index (χ2n) is 12.2. The molecule has 2 unspecified atom stereocenters. The molecule has 4 aromatic rings. The molecular weight excluding hydrogens is 574 g/mol. The first-order valence-electron chi connectivity index (χ1n) is 14.0. The molecule has 2 atom stereocenters. The van der Waals surface area contributed by atoms with Crippen molar-refractivity contribution in [3.05, 3.63) is 40.8 Å². The van der Waals surface area contributed by atoms with Crippen molar-refractivity contribution in [1.82, 2.24) is 30.4 Å². The summed E-state index contributed by atoms with van der Waals surface area (Å²) >= 11 is 6.70. The summed E-state index contributed by atoms with van der Waals surface area (Å²) in [5, 5.41) is 10.7. The first kappa shape index (κ1) is 27.6. The summed E-state index contributed by atoms with van der Waals surface area (Å²) in [6.45, 7) is 2.58. The number of H-pyrrole nitrogens is 1. The van der Waals surface area contributed by atoms with E-state index in [1.165, 1.54) is 6.20 Å². The lowest BCUT2D eigenvalue weighted by Crippen LogP contribution is -2.51. The van der Waals surface area contributed by atoms with E-state index in [0.717, 1.165) is 44.4 Å². The highest BCUT2D eigenvalue weighted by atomic mass is 35.5. The number of alkyl halides is 3. The number of hydrogen-bond donors (Lipinski definition) is 2. The third-order valence-corrected chi connectivity index (χ3v) is 8.93. The lowest BCUT2D eigenvalue weighted by molar-refractivity contribution is -0.137. The molecule has 0 spiro atoms. The van der Waals surface area contributed by atoms with Gasteiger partial charge in [0.05, 0.1) is 28.9 Å². The molecule has 13 heteroatoms. The van der Waals surface area contributed by atoms with Crippen molar-refractivity contribution < 1.29 is 22.3 Å². The molecule has 4 heterocycles. The molecule has 2 aromatic heterocycles. The van der Waals surface area contributed by atoms with Crippen LogP contribution in [-0.4, -0.2) is 77.5 Å². The molecule has 3 aliphatic rings. The minimum absolute atomic E-state index is 0.00917. The number of aromatic amines is 1. The SMILES string of the molecule is CN(C)CC1(COc2nc(N3CC4CCC(C3)N4)c3cc(Cl)c(-c4cc(C(F)(F)F)cc5[nH]ncc45)c(F)c3n2)CC1. The number of halogens is 5. The second-order valence-corrected chi connectivity index (χ2v) is 12.6. The van der Waals surface area contributed by atoms with Gasteiger partial charge in [0.25, 0.3) is 0 Å². The van der Waals surface area contributed by atoms with E-state index in [2.05, 4.69) is 30.3 Å². The fraction of sp³-hybridized carbons (Fsp3) is 0.483. The Bertz CT molecular complexity index is 1670. The number of rotatable bonds is 7. The Morgan fingerprint density at radius 2 is 1.83 bits per heavy atom.